The average molecular weight is 259 g/mol. The molecule has 94 valence electrons. The molecule has 1 aromatic rings. The largest absolute Gasteiger partial charge is 0.450 e. The fourth-order valence-electron chi connectivity index (χ4n) is 1.22. The van der Waals surface area contributed by atoms with E-state index < -0.39 is 13.7 Å². The number of hydrogen-bond donors (Lipinski definition) is 3. The minimum absolute atomic E-state index is 0.280. The van der Waals surface area contributed by atoms with Crippen LogP contribution in [0.25, 0.3) is 0 Å². The highest BCUT2D eigenvalue weighted by Crippen LogP contribution is 2.39. The molecule has 0 atom stereocenters. The lowest BCUT2D eigenvalue weighted by atomic mass is 10.2. The molecule has 0 saturated carbocycles. The Morgan fingerprint density at radius 3 is 2.41 bits per heavy atom. The van der Waals surface area contributed by atoms with Gasteiger partial charge in [0.05, 0.1) is 12.8 Å². The van der Waals surface area contributed by atoms with Crippen LogP contribution in [0.5, 0.6) is 0 Å². The topological polar surface area (TPSA) is 95.9 Å². The summed E-state index contributed by atoms with van der Waals surface area (Å²) < 4.78 is 15.4. The van der Waals surface area contributed by atoms with E-state index in [2.05, 4.69) is 10.1 Å². The molecule has 1 rings (SSSR count). The van der Waals surface area contributed by atoms with E-state index in [1.165, 1.54) is 0 Å². The zero-order valence-corrected chi connectivity index (χ0v) is 10.2. The van der Waals surface area contributed by atoms with Gasteiger partial charge in [-0.2, -0.15) is 0 Å². The molecule has 0 spiro atoms. The molecule has 0 heterocycles. The Kier molecular flexibility index (Phi) is 4.69. The van der Waals surface area contributed by atoms with Crippen LogP contribution < -0.4 is 5.32 Å². The summed E-state index contributed by atoms with van der Waals surface area (Å²) in [6.07, 6.45) is -0.873. The van der Waals surface area contributed by atoms with E-state index in [0.717, 1.165) is 0 Å². The van der Waals surface area contributed by atoms with Gasteiger partial charge in [-0.15, -0.1) is 0 Å². The first-order valence-corrected chi connectivity index (χ1v) is 6.78. The molecule has 0 unspecified atom stereocenters. The Labute approximate surface area is 98.8 Å². The second kappa shape index (κ2) is 5.82. The molecule has 0 aliphatic heterocycles. The van der Waals surface area contributed by atoms with Crippen LogP contribution >= 0.6 is 7.60 Å². The highest BCUT2D eigenvalue weighted by atomic mass is 31.2. The first-order chi connectivity index (χ1) is 7.90. The smallest absolute Gasteiger partial charge is 0.411 e. The van der Waals surface area contributed by atoms with Crippen molar-refractivity contribution < 1.29 is 23.9 Å². The van der Waals surface area contributed by atoms with E-state index in [1.54, 1.807) is 31.2 Å². The van der Waals surface area contributed by atoms with Gasteiger partial charge >= 0.3 is 13.7 Å². The molecule has 0 bridgehead atoms. The maximum absolute atomic E-state index is 11.1. The van der Waals surface area contributed by atoms with Crippen LogP contribution in [-0.4, -0.2) is 22.5 Å². The first kappa shape index (κ1) is 13.7. The van der Waals surface area contributed by atoms with Gasteiger partial charge in [0.1, 0.15) is 0 Å². The zero-order chi connectivity index (χ0) is 12.9. The van der Waals surface area contributed by atoms with Crippen molar-refractivity contribution in [3.63, 3.8) is 0 Å². The molecule has 0 aliphatic rings. The van der Waals surface area contributed by atoms with E-state index in [1.807, 2.05) is 0 Å². The van der Waals surface area contributed by atoms with E-state index in [0.29, 0.717) is 11.3 Å². The maximum atomic E-state index is 11.1. The zero-order valence-electron chi connectivity index (χ0n) is 9.29. The summed E-state index contributed by atoms with van der Waals surface area (Å²) in [6.45, 7) is 1.98. The number of anilines is 1. The standard InChI is InChI=1S/C10H14NO5P/c1-2-16-10(12)11-9-5-3-8(4-6-9)7-17(13,14)15/h3-6H,2,7H2,1H3,(H,11,12)(H2,13,14,15). The molecule has 0 aliphatic carbocycles. The van der Waals surface area contributed by atoms with Gasteiger partial charge in [0.25, 0.3) is 0 Å². The number of nitrogens with one attached hydrogen (secondary N) is 1. The van der Waals surface area contributed by atoms with Gasteiger partial charge in [0, 0.05) is 5.69 Å². The summed E-state index contributed by atoms with van der Waals surface area (Å²) in [5, 5.41) is 2.48. The Balaban J connectivity index is 2.62. The Morgan fingerprint density at radius 2 is 1.94 bits per heavy atom. The van der Waals surface area contributed by atoms with Crippen molar-refractivity contribution in [3.8, 4) is 0 Å². The van der Waals surface area contributed by atoms with E-state index >= 15 is 0 Å². The van der Waals surface area contributed by atoms with Gasteiger partial charge in [-0.3, -0.25) is 9.88 Å². The van der Waals surface area contributed by atoms with Crippen molar-refractivity contribution >= 4 is 19.4 Å². The number of benzene rings is 1. The van der Waals surface area contributed by atoms with Gasteiger partial charge in [-0.1, -0.05) is 12.1 Å². The predicted octanol–water partition coefficient (Wildman–Crippen LogP) is 1.93. The second-order valence-electron chi connectivity index (χ2n) is 3.37. The number of ether oxygens (including phenoxy) is 1. The molecule has 6 nitrogen and oxygen atoms in total. The summed E-state index contributed by atoms with van der Waals surface area (Å²) in [7, 11) is -4.05. The third-order valence-electron chi connectivity index (χ3n) is 1.86. The fourth-order valence-corrected chi connectivity index (χ4v) is 1.90. The molecule has 17 heavy (non-hydrogen) atoms. The number of amides is 1. The quantitative estimate of drug-likeness (QED) is 0.718. The van der Waals surface area contributed by atoms with Crippen LogP contribution in [-0.2, 0) is 15.5 Å². The Hall–Kier alpha value is -1.36. The lowest BCUT2D eigenvalue weighted by molar-refractivity contribution is 0.168. The van der Waals surface area contributed by atoms with Crippen molar-refractivity contribution in [2.45, 2.75) is 13.1 Å². The van der Waals surface area contributed by atoms with Gasteiger partial charge in [-0.05, 0) is 24.6 Å². The van der Waals surface area contributed by atoms with Crippen molar-refractivity contribution in [3.05, 3.63) is 29.8 Å². The first-order valence-electron chi connectivity index (χ1n) is 4.98. The third kappa shape index (κ3) is 5.49. The van der Waals surface area contributed by atoms with Crippen LogP contribution in [0.4, 0.5) is 10.5 Å². The second-order valence-corrected chi connectivity index (χ2v) is 5.01. The number of hydrogen-bond acceptors (Lipinski definition) is 3. The third-order valence-corrected chi connectivity index (χ3v) is 2.64. The highest BCUT2D eigenvalue weighted by molar-refractivity contribution is 7.50. The van der Waals surface area contributed by atoms with E-state index in [9.17, 15) is 9.36 Å². The van der Waals surface area contributed by atoms with E-state index in [4.69, 9.17) is 9.79 Å². The van der Waals surface area contributed by atoms with Gasteiger partial charge in [0.2, 0.25) is 0 Å². The molecule has 0 radical (unpaired) electrons. The normalized spacial score (nSPS) is 11.0. The minimum atomic E-state index is -4.05. The van der Waals surface area contributed by atoms with Crippen molar-refractivity contribution in [2.24, 2.45) is 0 Å². The molecule has 7 heteroatoms. The van der Waals surface area contributed by atoms with E-state index in [-0.39, 0.29) is 12.8 Å². The van der Waals surface area contributed by atoms with Crippen LogP contribution in [0.2, 0.25) is 0 Å². The summed E-state index contributed by atoms with van der Waals surface area (Å²) in [6, 6.07) is 6.20. The average Bonchev–Trinajstić information content (AvgIpc) is 2.19. The number of rotatable bonds is 4. The maximum Gasteiger partial charge on any atom is 0.411 e. The van der Waals surface area contributed by atoms with Gasteiger partial charge in [-0.25, -0.2) is 4.79 Å². The lowest BCUT2D eigenvalue weighted by Crippen LogP contribution is -2.13. The molecule has 0 saturated heterocycles. The number of carbonyl (C=O) groups excluding carboxylic acids is 1. The monoisotopic (exact) mass is 259 g/mol. The molecular weight excluding hydrogens is 245 g/mol. The van der Waals surface area contributed by atoms with Crippen LogP contribution in [0.15, 0.2) is 24.3 Å². The van der Waals surface area contributed by atoms with Crippen LogP contribution in [0.1, 0.15) is 12.5 Å². The molecular formula is C10H14NO5P. The predicted molar refractivity (Wildman–Crippen MR) is 62.8 cm³/mol. The van der Waals surface area contributed by atoms with Crippen LogP contribution in [0.3, 0.4) is 0 Å². The van der Waals surface area contributed by atoms with Crippen molar-refractivity contribution in [1.82, 2.24) is 0 Å². The van der Waals surface area contributed by atoms with Gasteiger partial charge in [0.15, 0.2) is 0 Å². The Bertz CT molecular complexity index is 425. The molecule has 0 fully saturated rings. The fraction of sp³-hybridized carbons (Fsp3) is 0.300. The molecule has 0 aromatic heterocycles. The van der Waals surface area contributed by atoms with Crippen molar-refractivity contribution in [1.29, 1.82) is 0 Å². The Morgan fingerprint density at radius 1 is 1.35 bits per heavy atom. The molecule has 1 aromatic carbocycles. The summed E-state index contributed by atoms with van der Waals surface area (Å²) in [5.41, 5.74) is 1.02. The van der Waals surface area contributed by atoms with Gasteiger partial charge < -0.3 is 14.5 Å². The summed E-state index contributed by atoms with van der Waals surface area (Å²) in [5.74, 6) is 0. The lowest BCUT2D eigenvalue weighted by Gasteiger charge is -2.07. The molecule has 1 amide bonds. The summed E-state index contributed by atoms with van der Waals surface area (Å²) in [4.78, 5) is 28.6. The number of carbonyl (C=O) groups is 1. The highest BCUT2D eigenvalue weighted by Gasteiger charge is 2.13. The minimum Gasteiger partial charge on any atom is -0.450 e. The summed E-state index contributed by atoms with van der Waals surface area (Å²) >= 11 is 0. The van der Waals surface area contributed by atoms with Crippen molar-refractivity contribution in [2.75, 3.05) is 11.9 Å². The van der Waals surface area contributed by atoms with Crippen LogP contribution in [0, 0.1) is 0 Å². The SMILES string of the molecule is CCOC(=O)Nc1ccc(CP(=O)(O)O)cc1. The molecule has 3 N–H and O–H groups in total.